The molecule has 0 unspecified atom stereocenters. The number of benzene rings is 1. The zero-order valence-electron chi connectivity index (χ0n) is 10.1. The normalized spacial score (nSPS) is 10.7. The molecule has 0 amide bonds. The van der Waals surface area contributed by atoms with Crippen LogP contribution in [0.5, 0.6) is 5.75 Å². The van der Waals surface area contributed by atoms with Crippen molar-refractivity contribution in [1.82, 2.24) is 0 Å². The van der Waals surface area contributed by atoms with Crippen LogP contribution in [0.25, 0.3) is 0 Å². The largest absolute Gasteiger partial charge is 0.491 e. The van der Waals surface area contributed by atoms with Crippen molar-refractivity contribution in [2.45, 2.75) is 20.0 Å². The summed E-state index contributed by atoms with van der Waals surface area (Å²) in [5, 5.41) is 0. The molecular formula is C14H13BrO3. The molecule has 2 rings (SSSR count). The zero-order chi connectivity index (χ0) is 13.1. The van der Waals surface area contributed by atoms with Crippen molar-refractivity contribution in [3.63, 3.8) is 0 Å². The van der Waals surface area contributed by atoms with Crippen LogP contribution in [0.15, 0.2) is 45.5 Å². The average molecular weight is 309 g/mol. The van der Waals surface area contributed by atoms with Gasteiger partial charge in [0.15, 0.2) is 10.4 Å². The third kappa shape index (κ3) is 3.01. The van der Waals surface area contributed by atoms with Gasteiger partial charge in [-0.05, 0) is 66.2 Å². The molecule has 1 heterocycles. The number of carbonyl (C=O) groups excluding carboxylic acids is 1. The van der Waals surface area contributed by atoms with Crippen LogP contribution in [0.2, 0.25) is 0 Å². The topological polar surface area (TPSA) is 39.4 Å². The molecule has 0 N–H and O–H groups in total. The summed E-state index contributed by atoms with van der Waals surface area (Å²) >= 11 is 3.17. The standard InChI is InChI=1S/C14H13BrO3/c1-9(2)17-11-5-3-10(4-6-11)14(16)12-7-8-13(15)18-12/h3-9H,1-2H3. The molecule has 0 aliphatic carbocycles. The second-order valence-electron chi connectivity index (χ2n) is 4.12. The highest BCUT2D eigenvalue weighted by molar-refractivity contribution is 9.10. The van der Waals surface area contributed by atoms with Gasteiger partial charge in [0.05, 0.1) is 6.10 Å². The minimum Gasteiger partial charge on any atom is -0.491 e. The summed E-state index contributed by atoms with van der Waals surface area (Å²) in [7, 11) is 0. The van der Waals surface area contributed by atoms with Crippen molar-refractivity contribution in [3.8, 4) is 5.75 Å². The van der Waals surface area contributed by atoms with E-state index in [4.69, 9.17) is 9.15 Å². The monoisotopic (exact) mass is 308 g/mol. The third-order valence-electron chi connectivity index (χ3n) is 2.29. The Bertz CT molecular complexity index is 540. The highest BCUT2D eigenvalue weighted by Crippen LogP contribution is 2.19. The summed E-state index contributed by atoms with van der Waals surface area (Å²) in [6.07, 6.45) is 0.118. The number of hydrogen-bond acceptors (Lipinski definition) is 3. The van der Waals surface area contributed by atoms with Gasteiger partial charge in [0.1, 0.15) is 5.75 Å². The minimum atomic E-state index is -0.142. The van der Waals surface area contributed by atoms with Gasteiger partial charge in [-0.1, -0.05) is 0 Å². The van der Waals surface area contributed by atoms with Gasteiger partial charge in [-0.15, -0.1) is 0 Å². The predicted molar refractivity (Wildman–Crippen MR) is 72.0 cm³/mol. The number of hydrogen-bond donors (Lipinski definition) is 0. The molecule has 0 aliphatic heterocycles. The Hall–Kier alpha value is -1.55. The fourth-order valence-electron chi connectivity index (χ4n) is 1.54. The second kappa shape index (κ2) is 5.40. The van der Waals surface area contributed by atoms with E-state index in [1.165, 1.54) is 0 Å². The van der Waals surface area contributed by atoms with E-state index in [1.54, 1.807) is 36.4 Å². The number of furan rings is 1. The van der Waals surface area contributed by atoms with Crippen LogP contribution in [0.4, 0.5) is 0 Å². The van der Waals surface area contributed by atoms with E-state index in [0.29, 0.717) is 16.0 Å². The quantitative estimate of drug-likeness (QED) is 0.800. The molecule has 0 radical (unpaired) electrons. The first-order chi connectivity index (χ1) is 8.56. The number of ketones is 1. The maximum Gasteiger partial charge on any atom is 0.228 e. The van der Waals surface area contributed by atoms with E-state index in [0.717, 1.165) is 5.75 Å². The van der Waals surface area contributed by atoms with E-state index < -0.39 is 0 Å². The Balaban J connectivity index is 2.17. The number of ether oxygens (including phenoxy) is 1. The van der Waals surface area contributed by atoms with Gasteiger partial charge in [-0.2, -0.15) is 0 Å². The molecule has 1 aromatic heterocycles. The lowest BCUT2D eigenvalue weighted by atomic mass is 10.1. The first kappa shape index (κ1) is 12.9. The van der Waals surface area contributed by atoms with E-state index >= 15 is 0 Å². The number of carbonyl (C=O) groups is 1. The molecule has 1 aromatic carbocycles. The summed E-state index contributed by atoms with van der Waals surface area (Å²) in [5.41, 5.74) is 0.577. The minimum absolute atomic E-state index is 0.118. The molecule has 0 saturated carbocycles. The average Bonchev–Trinajstić information content (AvgIpc) is 2.75. The lowest BCUT2D eigenvalue weighted by Gasteiger charge is -2.09. The van der Waals surface area contributed by atoms with Crippen molar-refractivity contribution in [3.05, 3.63) is 52.4 Å². The van der Waals surface area contributed by atoms with Gasteiger partial charge in [0.2, 0.25) is 5.78 Å². The number of halogens is 1. The van der Waals surface area contributed by atoms with Crippen molar-refractivity contribution in [2.24, 2.45) is 0 Å². The lowest BCUT2D eigenvalue weighted by Crippen LogP contribution is -2.06. The Labute approximate surface area is 114 Å². The molecule has 94 valence electrons. The van der Waals surface area contributed by atoms with Crippen LogP contribution >= 0.6 is 15.9 Å². The molecule has 0 atom stereocenters. The van der Waals surface area contributed by atoms with E-state index in [2.05, 4.69) is 15.9 Å². The Morgan fingerprint density at radius 1 is 1.17 bits per heavy atom. The zero-order valence-corrected chi connectivity index (χ0v) is 11.7. The first-order valence-electron chi connectivity index (χ1n) is 5.63. The fraction of sp³-hybridized carbons (Fsp3) is 0.214. The van der Waals surface area contributed by atoms with E-state index in [9.17, 15) is 4.79 Å². The van der Waals surface area contributed by atoms with Crippen LogP contribution in [0.3, 0.4) is 0 Å². The van der Waals surface area contributed by atoms with Crippen molar-refractivity contribution in [1.29, 1.82) is 0 Å². The molecule has 0 aliphatic rings. The predicted octanol–water partition coefficient (Wildman–Crippen LogP) is 4.06. The van der Waals surface area contributed by atoms with E-state index in [1.807, 2.05) is 13.8 Å². The second-order valence-corrected chi connectivity index (χ2v) is 4.91. The number of rotatable bonds is 4. The Morgan fingerprint density at radius 3 is 2.33 bits per heavy atom. The van der Waals surface area contributed by atoms with Gasteiger partial charge in [0, 0.05) is 5.56 Å². The summed E-state index contributed by atoms with van der Waals surface area (Å²) in [5.74, 6) is 0.929. The summed E-state index contributed by atoms with van der Waals surface area (Å²) in [6.45, 7) is 3.92. The smallest absolute Gasteiger partial charge is 0.228 e. The maximum atomic E-state index is 12.0. The molecule has 0 bridgehead atoms. The first-order valence-corrected chi connectivity index (χ1v) is 6.42. The summed E-state index contributed by atoms with van der Waals surface area (Å²) in [6, 6.07) is 10.4. The molecule has 0 spiro atoms. The summed E-state index contributed by atoms with van der Waals surface area (Å²) in [4.78, 5) is 12.0. The van der Waals surface area contributed by atoms with Gasteiger partial charge < -0.3 is 9.15 Å². The van der Waals surface area contributed by atoms with E-state index in [-0.39, 0.29) is 11.9 Å². The van der Waals surface area contributed by atoms with Crippen LogP contribution in [-0.4, -0.2) is 11.9 Å². The van der Waals surface area contributed by atoms with Crippen LogP contribution in [0, 0.1) is 0 Å². The SMILES string of the molecule is CC(C)Oc1ccc(C(=O)c2ccc(Br)o2)cc1. The van der Waals surface area contributed by atoms with Crippen LogP contribution < -0.4 is 4.74 Å². The molecule has 0 saturated heterocycles. The molecule has 0 fully saturated rings. The van der Waals surface area contributed by atoms with Crippen molar-refractivity contribution >= 4 is 21.7 Å². The molecule has 2 aromatic rings. The van der Waals surface area contributed by atoms with Gasteiger partial charge in [-0.25, -0.2) is 0 Å². The fourth-order valence-corrected chi connectivity index (χ4v) is 1.84. The van der Waals surface area contributed by atoms with Gasteiger partial charge in [-0.3, -0.25) is 4.79 Å². The van der Waals surface area contributed by atoms with Crippen LogP contribution in [0.1, 0.15) is 30.0 Å². The van der Waals surface area contributed by atoms with Gasteiger partial charge >= 0.3 is 0 Å². The highest BCUT2D eigenvalue weighted by Gasteiger charge is 2.13. The Kier molecular flexibility index (Phi) is 3.87. The third-order valence-corrected chi connectivity index (χ3v) is 2.71. The van der Waals surface area contributed by atoms with Crippen LogP contribution in [-0.2, 0) is 0 Å². The van der Waals surface area contributed by atoms with Crippen molar-refractivity contribution < 1.29 is 13.9 Å². The molecule has 4 heteroatoms. The highest BCUT2D eigenvalue weighted by atomic mass is 79.9. The summed E-state index contributed by atoms with van der Waals surface area (Å²) < 4.78 is 11.3. The maximum absolute atomic E-state index is 12.0. The molecule has 18 heavy (non-hydrogen) atoms. The Morgan fingerprint density at radius 2 is 1.83 bits per heavy atom. The lowest BCUT2D eigenvalue weighted by molar-refractivity contribution is 0.101. The molecule has 3 nitrogen and oxygen atoms in total. The van der Waals surface area contributed by atoms with Gasteiger partial charge in [0.25, 0.3) is 0 Å². The molecular weight excluding hydrogens is 296 g/mol. The van der Waals surface area contributed by atoms with Crippen molar-refractivity contribution in [2.75, 3.05) is 0 Å².